The Bertz CT molecular complexity index is 1140. The van der Waals surface area contributed by atoms with E-state index in [1.807, 2.05) is 18.2 Å². The Kier molecular flexibility index (Phi) is 5.18. The Morgan fingerprint density at radius 1 is 1.20 bits per heavy atom. The monoisotopic (exact) mass is 406 g/mol. The zero-order chi connectivity index (χ0) is 21.3. The van der Waals surface area contributed by atoms with Gasteiger partial charge in [-0.25, -0.2) is 14.8 Å². The summed E-state index contributed by atoms with van der Waals surface area (Å²) in [7, 11) is 1.79. The molecular weight excluding hydrogens is 384 g/mol. The standard InChI is InChI=1S/C21H22N6O3/c1-4-30-20(29)18-14-10-9-13-11-22-21(25-17(13)19(14)27(3)26-18)24-16-8-6-5-7-15(16)23-12(2)28/h5-8,11H,4,9-10H2,1-3H3,(H,23,28)(H,22,24,25). The third kappa shape index (κ3) is 3.61. The van der Waals surface area contributed by atoms with Crippen LogP contribution in [0.3, 0.4) is 0 Å². The summed E-state index contributed by atoms with van der Waals surface area (Å²) >= 11 is 0. The molecule has 0 saturated heterocycles. The van der Waals surface area contributed by atoms with Crippen molar-refractivity contribution in [3.8, 4) is 11.4 Å². The van der Waals surface area contributed by atoms with E-state index in [0.717, 1.165) is 22.5 Å². The number of aromatic nitrogens is 4. The van der Waals surface area contributed by atoms with Crippen molar-refractivity contribution in [1.82, 2.24) is 19.7 Å². The first kappa shape index (κ1) is 19.6. The molecule has 9 heteroatoms. The molecule has 1 aliphatic carbocycles. The van der Waals surface area contributed by atoms with Crippen molar-refractivity contribution in [3.05, 3.63) is 47.3 Å². The van der Waals surface area contributed by atoms with Gasteiger partial charge in [-0.1, -0.05) is 12.1 Å². The van der Waals surface area contributed by atoms with Crippen LogP contribution < -0.4 is 10.6 Å². The first-order chi connectivity index (χ1) is 14.5. The highest BCUT2D eigenvalue weighted by Gasteiger charge is 2.29. The topological polar surface area (TPSA) is 111 Å². The molecule has 4 rings (SSSR count). The minimum absolute atomic E-state index is 0.165. The van der Waals surface area contributed by atoms with Crippen molar-refractivity contribution in [2.24, 2.45) is 7.05 Å². The maximum absolute atomic E-state index is 12.3. The van der Waals surface area contributed by atoms with E-state index in [-0.39, 0.29) is 5.91 Å². The quantitative estimate of drug-likeness (QED) is 0.627. The lowest BCUT2D eigenvalue weighted by atomic mass is 9.93. The van der Waals surface area contributed by atoms with Crippen LogP contribution in [0.2, 0.25) is 0 Å². The predicted octanol–water partition coefficient (Wildman–Crippen LogP) is 2.85. The Labute approximate surface area is 173 Å². The van der Waals surface area contributed by atoms with E-state index in [1.54, 1.807) is 30.9 Å². The number of anilines is 3. The molecule has 154 valence electrons. The predicted molar refractivity (Wildman–Crippen MR) is 112 cm³/mol. The summed E-state index contributed by atoms with van der Waals surface area (Å²) in [5.41, 5.74) is 5.01. The molecule has 0 unspecified atom stereocenters. The van der Waals surface area contributed by atoms with Crippen LogP contribution in [0.4, 0.5) is 17.3 Å². The molecule has 30 heavy (non-hydrogen) atoms. The van der Waals surface area contributed by atoms with Gasteiger partial charge < -0.3 is 15.4 Å². The van der Waals surface area contributed by atoms with Crippen molar-refractivity contribution >= 4 is 29.2 Å². The second-order valence-electron chi connectivity index (χ2n) is 6.94. The summed E-state index contributed by atoms with van der Waals surface area (Å²) in [4.78, 5) is 32.9. The second-order valence-corrected chi connectivity index (χ2v) is 6.94. The van der Waals surface area contributed by atoms with Gasteiger partial charge in [-0.3, -0.25) is 9.48 Å². The number of hydrogen-bond acceptors (Lipinski definition) is 7. The summed E-state index contributed by atoms with van der Waals surface area (Å²) in [6.45, 7) is 3.52. The molecule has 2 N–H and O–H groups in total. The maximum atomic E-state index is 12.3. The number of hydrogen-bond donors (Lipinski definition) is 2. The van der Waals surface area contributed by atoms with Crippen molar-refractivity contribution in [3.63, 3.8) is 0 Å². The molecular formula is C21H22N6O3. The molecule has 3 aromatic rings. The molecule has 1 aliphatic rings. The number of carbonyl (C=O) groups is 2. The van der Waals surface area contributed by atoms with E-state index in [0.29, 0.717) is 42.5 Å². The lowest BCUT2D eigenvalue weighted by Crippen LogP contribution is -2.13. The van der Waals surface area contributed by atoms with E-state index >= 15 is 0 Å². The highest BCUT2D eigenvalue weighted by atomic mass is 16.5. The Balaban J connectivity index is 1.71. The fraction of sp³-hybridized carbons (Fsp3) is 0.286. The summed E-state index contributed by atoms with van der Waals surface area (Å²) in [5, 5.41) is 10.3. The maximum Gasteiger partial charge on any atom is 0.359 e. The number of carbonyl (C=O) groups excluding carboxylic acids is 2. The number of aryl methyl sites for hydroxylation is 2. The molecule has 2 heterocycles. The number of para-hydroxylation sites is 2. The fourth-order valence-corrected chi connectivity index (χ4v) is 3.59. The zero-order valence-electron chi connectivity index (χ0n) is 17.0. The van der Waals surface area contributed by atoms with Gasteiger partial charge in [0.05, 0.1) is 29.4 Å². The van der Waals surface area contributed by atoms with Crippen molar-refractivity contribution in [2.45, 2.75) is 26.7 Å². The van der Waals surface area contributed by atoms with E-state index in [2.05, 4.69) is 20.7 Å². The van der Waals surface area contributed by atoms with Gasteiger partial charge in [0, 0.05) is 25.7 Å². The third-order valence-corrected chi connectivity index (χ3v) is 4.83. The first-order valence-electron chi connectivity index (χ1n) is 9.70. The van der Waals surface area contributed by atoms with Crippen LogP contribution in [0.25, 0.3) is 11.4 Å². The Hall–Kier alpha value is -3.75. The van der Waals surface area contributed by atoms with Crippen molar-refractivity contribution in [2.75, 3.05) is 17.2 Å². The normalized spacial score (nSPS) is 12.0. The minimum atomic E-state index is -0.422. The molecule has 2 aromatic heterocycles. The lowest BCUT2D eigenvalue weighted by molar-refractivity contribution is -0.114. The van der Waals surface area contributed by atoms with Crippen LogP contribution in [-0.4, -0.2) is 38.2 Å². The number of esters is 1. The van der Waals surface area contributed by atoms with E-state index in [4.69, 9.17) is 9.72 Å². The number of nitrogens with zero attached hydrogens (tertiary/aromatic N) is 4. The average molecular weight is 406 g/mol. The van der Waals surface area contributed by atoms with Gasteiger partial charge in [-0.15, -0.1) is 0 Å². The number of ether oxygens (including phenoxy) is 1. The van der Waals surface area contributed by atoms with Gasteiger partial charge in [-0.2, -0.15) is 5.10 Å². The molecule has 9 nitrogen and oxygen atoms in total. The van der Waals surface area contributed by atoms with E-state index in [9.17, 15) is 9.59 Å². The number of nitrogens with one attached hydrogen (secondary N) is 2. The van der Waals surface area contributed by atoms with Crippen LogP contribution in [-0.2, 0) is 29.4 Å². The fourth-order valence-electron chi connectivity index (χ4n) is 3.59. The van der Waals surface area contributed by atoms with Gasteiger partial charge in [0.15, 0.2) is 5.69 Å². The van der Waals surface area contributed by atoms with Crippen LogP contribution in [0.1, 0.15) is 35.5 Å². The summed E-state index contributed by atoms with van der Waals surface area (Å²) in [5.74, 6) is -0.200. The van der Waals surface area contributed by atoms with Crippen molar-refractivity contribution < 1.29 is 14.3 Å². The Morgan fingerprint density at radius 2 is 1.97 bits per heavy atom. The van der Waals surface area contributed by atoms with Crippen molar-refractivity contribution in [1.29, 1.82) is 0 Å². The molecule has 0 atom stereocenters. The van der Waals surface area contributed by atoms with Crippen LogP contribution in [0, 0.1) is 0 Å². The molecule has 0 bridgehead atoms. The summed E-state index contributed by atoms with van der Waals surface area (Å²) in [6.07, 6.45) is 3.17. The smallest absolute Gasteiger partial charge is 0.359 e. The highest BCUT2D eigenvalue weighted by Crippen LogP contribution is 2.35. The molecule has 0 fully saturated rings. The molecule has 1 amide bonds. The first-order valence-corrected chi connectivity index (χ1v) is 9.70. The van der Waals surface area contributed by atoms with Crippen LogP contribution in [0.5, 0.6) is 0 Å². The Morgan fingerprint density at radius 3 is 2.70 bits per heavy atom. The van der Waals surface area contributed by atoms with Gasteiger partial charge in [0.1, 0.15) is 0 Å². The minimum Gasteiger partial charge on any atom is -0.461 e. The third-order valence-electron chi connectivity index (χ3n) is 4.83. The van der Waals surface area contributed by atoms with Gasteiger partial charge in [0.25, 0.3) is 0 Å². The molecule has 1 aromatic carbocycles. The SMILES string of the molecule is CCOC(=O)c1nn(C)c2c1CCc1cnc(Nc3ccccc3NC(C)=O)nc1-2. The van der Waals surface area contributed by atoms with Gasteiger partial charge >= 0.3 is 5.97 Å². The average Bonchev–Trinajstić information content (AvgIpc) is 3.06. The molecule has 0 radical (unpaired) electrons. The summed E-state index contributed by atoms with van der Waals surface area (Å²) < 4.78 is 6.82. The molecule has 0 saturated carbocycles. The highest BCUT2D eigenvalue weighted by molar-refractivity contribution is 5.93. The van der Waals surface area contributed by atoms with Crippen LogP contribution in [0.15, 0.2) is 30.5 Å². The zero-order valence-corrected chi connectivity index (χ0v) is 17.0. The number of fused-ring (bicyclic) bond motifs is 3. The second kappa shape index (κ2) is 7.94. The lowest BCUT2D eigenvalue weighted by Gasteiger charge is -2.18. The number of amides is 1. The van der Waals surface area contributed by atoms with Crippen LogP contribution >= 0.6 is 0 Å². The summed E-state index contributed by atoms with van der Waals surface area (Å²) in [6, 6.07) is 7.33. The number of rotatable bonds is 5. The van der Waals surface area contributed by atoms with E-state index < -0.39 is 5.97 Å². The molecule has 0 spiro atoms. The number of benzene rings is 1. The van der Waals surface area contributed by atoms with Gasteiger partial charge in [0.2, 0.25) is 11.9 Å². The molecule has 0 aliphatic heterocycles. The van der Waals surface area contributed by atoms with Gasteiger partial charge in [-0.05, 0) is 37.5 Å². The van der Waals surface area contributed by atoms with E-state index in [1.165, 1.54) is 6.92 Å². The largest absolute Gasteiger partial charge is 0.461 e.